The molecule has 1 aliphatic heterocycles. The van der Waals surface area contributed by atoms with Crippen LogP contribution in [0.1, 0.15) is 43.1 Å². The quantitative estimate of drug-likeness (QED) is 0.772. The molecule has 3 nitrogen and oxygen atoms in total. The Hall–Kier alpha value is -1.35. The Bertz CT molecular complexity index is 482. The van der Waals surface area contributed by atoms with Crippen molar-refractivity contribution in [2.75, 3.05) is 20.2 Å². The van der Waals surface area contributed by atoms with Crippen molar-refractivity contribution < 1.29 is 9.53 Å². The van der Waals surface area contributed by atoms with Gasteiger partial charge >= 0.3 is 0 Å². The van der Waals surface area contributed by atoms with Gasteiger partial charge in [-0.15, -0.1) is 0 Å². The number of hydrogen-bond donors (Lipinski definition) is 0. The Morgan fingerprint density at radius 1 is 1.45 bits per heavy atom. The lowest BCUT2D eigenvalue weighted by atomic mass is 9.95. The van der Waals surface area contributed by atoms with E-state index >= 15 is 0 Å². The van der Waals surface area contributed by atoms with Crippen molar-refractivity contribution in [1.29, 1.82) is 0 Å². The van der Waals surface area contributed by atoms with Gasteiger partial charge < -0.3 is 4.74 Å². The lowest BCUT2D eigenvalue weighted by Crippen LogP contribution is -2.22. The minimum Gasteiger partial charge on any atom is -0.496 e. The van der Waals surface area contributed by atoms with E-state index in [1.54, 1.807) is 14.0 Å². The van der Waals surface area contributed by atoms with Gasteiger partial charge in [0.1, 0.15) is 5.75 Å². The van der Waals surface area contributed by atoms with Crippen LogP contribution in [0.5, 0.6) is 5.75 Å². The normalized spacial score (nSPS) is 19.6. The van der Waals surface area contributed by atoms with Gasteiger partial charge in [-0.3, -0.25) is 9.69 Å². The average Bonchev–Trinajstić information content (AvgIpc) is 2.87. The Morgan fingerprint density at radius 3 is 2.75 bits per heavy atom. The van der Waals surface area contributed by atoms with Crippen LogP contribution < -0.4 is 4.74 Å². The number of rotatable bonds is 5. The summed E-state index contributed by atoms with van der Waals surface area (Å²) < 4.78 is 5.43. The van der Waals surface area contributed by atoms with Crippen LogP contribution in [0.15, 0.2) is 18.2 Å². The van der Waals surface area contributed by atoms with Crippen LogP contribution in [0.4, 0.5) is 0 Å². The standard InChI is InChI=1S/C17H25NO2/c1-12(2)15-7-8-18(10-15)11-16-9-14(13(3)19)5-6-17(16)20-4/h5-6,9,12,15H,7-8,10-11H2,1-4H3. The Balaban J connectivity index is 2.12. The summed E-state index contributed by atoms with van der Waals surface area (Å²) in [4.78, 5) is 14.0. The molecular weight excluding hydrogens is 250 g/mol. The average molecular weight is 275 g/mol. The Kier molecular flexibility index (Phi) is 4.81. The van der Waals surface area contributed by atoms with Crippen LogP contribution in [-0.2, 0) is 6.54 Å². The number of benzene rings is 1. The van der Waals surface area contributed by atoms with Gasteiger partial charge in [0.2, 0.25) is 0 Å². The minimum absolute atomic E-state index is 0.107. The molecule has 1 unspecified atom stereocenters. The second-order valence-electron chi connectivity index (χ2n) is 6.11. The van der Waals surface area contributed by atoms with E-state index in [-0.39, 0.29) is 5.78 Å². The first kappa shape index (κ1) is 15.0. The summed E-state index contributed by atoms with van der Waals surface area (Å²) in [7, 11) is 1.69. The fourth-order valence-electron chi connectivity index (χ4n) is 2.91. The maximum absolute atomic E-state index is 11.5. The molecule has 20 heavy (non-hydrogen) atoms. The van der Waals surface area contributed by atoms with E-state index in [1.807, 2.05) is 18.2 Å². The molecule has 1 aromatic carbocycles. The molecule has 110 valence electrons. The zero-order chi connectivity index (χ0) is 14.7. The molecule has 0 bridgehead atoms. The van der Waals surface area contributed by atoms with E-state index in [2.05, 4.69) is 18.7 Å². The number of ether oxygens (including phenoxy) is 1. The number of Topliss-reactive ketones (excluding diaryl/α,β-unsaturated/α-hetero) is 1. The molecule has 1 aromatic rings. The fourth-order valence-corrected chi connectivity index (χ4v) is 2.91. The highest BCUT2D eigenvalue weighted by Gasteiger charge is 2.25. The molecule has 0 aromatic heterocycles. The molecule has 0 amide bonds. The molecule has 0 N–H and O–H groups in total. The first-order valence-electron chi connectivity index (χ1n) is 7.41. The summed E-state index contributed by atoms with van der Waals surface area (Å²) >= 11 is 0. The number of carbonyl (C=O) groups is 1. The largest absolute Gasteiger partial charge is 0.496 e. The molecule has 2 rings (SSSR count). The van der Waals surface area contributed by atoms with Gasteiger partial charge in [-0.1, -0.05) is 13.8 Å². The first-order chi connectivity index (χ1) is 9.51. The number of carbonyl (C=O) groups excluding carboxylic acids is 1. The van der Waals surface area contributed by atoms with Crippen molar-refractivity contribution in [2.45, 2.75) is 33.7 Å². The minimum atomic E-state index is 0.107. The van der Waals surface area contributed by atoms with Gasteiger partial charge in [0.05, 0.1) is 7.11 Å². The third kappa shape index (κ3) is 3.40. The van der Waals surface area contributed by atoms with Crippen LogP contribution in [-0.4, -0.2) is 30.9 Å². The summed E-state index contributed by atoms with van der Waals surface area (Å²) in [5.74, 6) is 2.51. The van der Waals surface area contributed by atoms with Gasteiger partial charge in [0, 0.05) is 24.2 Å². The van der Waals surface area contributed by atoms with E-state index in [9.17, 15) is 4.79 Å². The molecule has 1 fully saturated rings. The number of methoxy groups -OCH3 is 1. The Morgan fingerprint density at radius 2 is 2.20 bits per heavy atom. The van der Waals surface area contributed by atoms with E-state index in [4.69, 9.17) is 4.74 Å². The maximum atomic E-state index is 11.5. The second-order valence-corrected chi connectivity index (χ2v) is 6.11. The monoisotopic (exact) mass is 275 g/mol. The molecule has 1 atom stereocenters. The number of likely N-dealkylation sites (tertiary alicyclic amines) is 1. The number of nitrogens with zero attached hydrogens (tertiary/aromatic N) is 1. The second kappa shape index (κ2) is 6.40. The summed E-state index contributed by atoms with van der Waals surface area (Å²) in [6.45, 7) is 9.35. The van der Waals surface area contributed by atoms with Crippen molar-refractivity contribution in [3.8, 4) is 5.75 Å². The third-order valence-electron chi connectivity index (χ3n) is 4.33. The van der Waals surface area contributed by atoms with Crippen molar-refractivity contribution in [3.05, 3.63) is 29.3 Å². The van der Waals surface area contributed by atoms with E-state index in [1.165, 1.54) is 6.42 Å². The molecule has 1 saturated heterocycles. The lowest BCUT2D eigenvalue weighted by Gasteiger charge is -2.19. The molecule has 3 heteroatoms. The number of ketones is 1. The summed E-state index contributed by atoms with van der Waals surface area (Å²) in [6.07, 6.45) is 1.27. The summed E-state index contributed by atoms with van der Waals surface area (Å²) in [6, 6.07) is 5.72. The molecule has 0 spiro atoms. The highest BCUT2D eigenvalue weighted by molar-refractivity contribution is 5.94. The zero-order valence-corrected chi connectivity index (χ0v) is 13.0. The molecule has 0 radical (unpaired) electrons. The Labute approximate surface area is 121 Å². The molecule has 1 heterocycles. The van der Waals surface area contributed by atoms with E-state index in [0.717, 1.165) is 48.3 Å². The smallest absolute Gasteiger partial charge is 0.159 e. The van der Waals surface area contributed by atoms with Crippen LogP contribution in [0.25, 0.3) is 0 Å². The predicted molar refractivity (Wildman–Crippen MR) is 81.2 cm³/mol. The summed E-state index contributed by atoms with van der Waals surface area (Å²) in [5.41, 5.74) is 1.88. The highest BCUT2D eigenvalue weighted by Crippen LogP contribution is 2.28. The van der Waals surface area contributed by atoms with E-state index < -0.39 is 0 Å². The zero-order valence-electron chi connectivity index (χ0n) is 13.0. The third-order valence-corrected chi connectivity index (χ3v) is 4.33. The van der Waals surface area contributed by atoms with Crippen LogP contribution in [0.3, 0.4) is 0 Å². The van der Waals surface area contributed by atoms with Crippen molar-refractivity contribution in [2.24, 2.45) is 11.8 Å². The van der Waals surface area contributed by atoms with Crippen LogP contribution in [0.2, 0.25) is 0 Å². The van der Waals surface area contributed by atoms with Crippen molar-refractivity contribution in [3.63, 3.8) is 0 Å². The van der Waals surface area contributed by atoms with Gasteiger partial charge in [0.15, 0.2) is 5.78 Å². The van der Waals surface area contributed by atoms with Crippen molar-refractivity contribution in [1.82, 2.24) is 4.90 Å². The van der Waals surface area contributed by atoms with Gasteiger partial charge in [-0.2, -0.15) is 0 Å². The molecule has 0 saturated carbocycles. The maximum Gasteiger partial charge on any atom is 0.159 e. The van der Waals surface area contributed by atoms with Crippen LogP contribution in [0, 0.1) is 11.8 Å². The van der Waals surface area contributed by atoms with Crippen molar-refractivity contribution >= 4 is 5.78 Å². The number of hydrogen-bond acceptors (Lipinski definition) is 3. The molecular formula is C17H25NO2. The highest BCUT2D eigenvalue weighted by atomic mass is 16.5. The summed E-state index contributed by atoms with van der Waals surface area (Å²) in [5, 5.41) is 0. The molecule has 0 aliphatic carbocycles. The van der Waals surface area contributed by atoms with Gasteiger partial charge in [0.25, 0.3) is 0 Å². The SMILES string of the molecule is COc1ccc(C(C)=O)cc1CN1CCC(C(C)C)C1. The molecule has 1 aliphatic rings. The fraction of sp³-hybridized carbons (Fsp3) is 0.588. The van der Waals surface area contributed by atoms with Crippen LogP contribution >= 0.6 is 0 Å². The predicted octanol–water partition coefficient (Wildman–Crippen LogP) is 3.38. The van der Waals surface area contributed by atoms with Gasteiger partial charge in [-0.05, 0) is 49.9 Å². The van der Waals surface area contributed by atoms with Gasteiger partial charge in [-0.25, -0.2) is 0 Å². The lowest BCUT2D eigenvalue weighted by molar-refractivity contribution is 0.101. The van der Waals surface area contributed by atoms with E-state index in [0.29, 0.717) is 0 Å². The topological polar surface area (TPSA) is 29.5 Å². The first-order valence-corrected chi connectivity index (χ1v) is 7.41.